The van der Waals surface area contributed by atoms with E-state index in [1.54, 1.807) is 4.57 Å². The first-order valence-electron chi connectivity index (χ1n) is 13.3. The largest absolute Gasteiger partial charge is 0.406 e. The Bertz CT molecular complexity index is 1450. The maximum atomic E-state index is 13.6. The van der Waals surface area contributed by atoms with Crippen molar-refractivity contribution in [3.63, 3.8) is 0 Å². The van der Waals surface area contributed by atoms with Crippen LogP contribution in [0, 0.1) is 6.92 Å². The molecule has 1 atom stereocenters. The van der Waals surface area contributed by atoms with Gasteiger partial charge in [0, 0.05) is 25.1 Å². The third kappa shape index (κ3) is 4.88. The Hall–Kier alpha value is -3.06. The van der Waals surface area contributed by atoms with Gasteiger partial charge >= 0.3 is 0 Å². The van der Waals surface area contributed by atoms with Gasteiger partial charge in [-0.3, -0.25) is 9.36 Å². The molecule has 0 bridgehead atoms. The number of hydrogen-bond acceptors (Lipinski definition) is 4. The molecule has 0 aliphatic carbocycles. The van der Waals surface area contributed by atoms with Crippen molar-refractivity contribution >= 4 is 29.6 Å². The Morgan fingerprint density at radius 3 is 1.95 bits per heavy atom. The van der Waals surface area contributed by atoms with Crippen molar-refractivity contribution < 1.29 is 4.43 Å². The predicted octanol–water partition coefficient (Wildman–Crippen LogP) is 5.12. The molecule has 0 amide bonds. The smallest absolute Gasteiger partial charge is 0.261 e. The zero-order valence-electron chi connectivity index (χ0n) is 24.0. The van der Waals surface area contributed by atoms with Gasteiger partial charge in [-0.05, 0) is 46.5 Å². The fourth-order valence-corrected chi connectivity index (χ4v) is 10.4. The highest BCUT2D eigenvalue weighted by molar-refractivity contribution is 6.99. The molecule has 0 spiro atoms. The van der Waals surface area contributed by atoms with Crippen molar-refractivity contribution in [3.05, 3.63) is 100 Å². The van der Waals surface area contributed by atoms with Crippen LogP contribution in [0.3, 0.4) is 0 Å². The first-order chi connectivity index (χ1) is 17.8. The highest BCUT2D eigenvalue weighted by Gasteiger charge is 2.51. The summed E-state index contributed by atoms with van der Waals surface area (Å²) in [5, 5.41) is 2.91. The molecule has 2 N–H and O–H groups in total. The second kappa shape index (κ2) is 10.2. The molecule has 4 rings (SSSR count). The Balaban J connectivity index is 1.87. The summed E-state index contributed by atoms with van der Waals surface area (Å²) in [5.74, 6) is 0.693. The summed E-state index contributed by atoms with van der Waals surface area (Å²) >= 11 is 0. The maximum Gasteiger partial charge on any atom is 0.261 e. The molecule has 0 saturated heterocycles. The van der Waals surface area contributed by atoms with E-state index in [2.05, 4.69) is 83.1 Å². The van der Waals surface area contributed by atoms with E-state index in [0.29, 0.717) is 23.3 Å². The lowest BCUT2D eigenvalue weighted by Crippen LogP contribution is -2.67. The minimum absolute atomic E-state index is 0.0610. The lowest BCUT2D eigenvalue weighted by molar-refractivity contribution is 0.216. The van der Waals surface area contributed by atoms with E-state index in [1.165, 1.54) is 10.4 Å². The molecule has 0 fully saturated rings. The minimum Gasteiger partial charge on any atom is -0.406 e. The highest BCUT2D eigenvalue weighted by atomic mass is 28.4. The first-order valence-corrected chi connectivity index (χ1v) is 15.2. The number of nitrogens with two attached hydrogens (primary N) is 1. The van der Waals surface area contributed by atoms with Crippen LogP contribution in [0.15, 0.2) is 77.6 Å². The summed E-state index contributed by atoms with van der Waals surface area (Å²) in [6.07, 6.45) is 0. The monoisotopic (exact) mass is 527 g/mol. The molecule has 1 aromatic heterocycles. The predicted molar refractivity (Wildman–Crippen MR) is 161 cm³/mol. The Kier molecular flexibility index (Phi) is 7.54. The van der Waals surface area contributed by atoms with Gasteiger partial charge in [0.2, 0.25) is 0 Å². The van der Waals surface area contributed by atoms with Gasteiger partial charge < -0.3 is 10.2 Å². The third-order valence-corrected chi connectivity index (χ3v) is 12.5. The molecule has 5 nitrogen and oxygen atoms in total. The van der Waals surface area contributed by atoms with Crippen LogP contribution in [0.4, 0.5) is 0 Å². The van der Waals surface area contributed by atoms with Crippen molar-refractivity contribution in [2.75, 3.05) is 6.61 Å². The summed E-state index contributed by atoms with van der Waals surface area (Å²) in [6.45, 7) is 15.4. The molecule has 3 aromatic carbocycles. The van der Waals surface area contributed by atoms with Crippen molar-refractivity contribution in [2.45, 2.75) is 65.0 Å². The molecular weight excluding hydrogens is 486 g/mol. The van der Waals surface area contributed by atoms with Crippen molar-refractivity contribution in [3.8, 4) is 0 Å². The second-order valence-corrected chi connectivity index (χ2v) is 16.5. The molecule has 0 unspecified atom stereocenters. The molecule has 0 radical (unpaired) electrons. The average molecular weight is 528 g/mol. The summed E-state index contributed by atoms with van der Waals surface area (Å²) < 4.78 is 8.93. The standard InChI is InChI=1S/C32H41N3O2Si/c1-22-19-26(23(2)33)28-27(20-22)29(36)35(8)30(34-28)32(6,7)21-37-38(31(3,4)5,24-15-11-9-12-16-24)25-17-13-10-14-18-25/h9-20,23H,21,33H2,1-8H3/t23-/m1/s1. The van der Waals surface area contributed by atoms with Crippen LogP contribution in [0.5, 0.6) is 0 Å². The number of rotatable bonds is 7. The van der Waals surface area contributed by atoms with E-state index < -0.39 is 13.7 Å². The van der Waals surface area contributed by atoms with Gasteiger partial charge in [-0.15, -0.1) is 0 Å². The number of hydrogen-bond donors (Lipinski definition) is 1. The van der Waals surface area contributed by atoms with Gasteiger partial charge in [0.05, 0.1) is 10.9 Å². The van der Waals surface area contributed by atoms with E-state index in [9.17, 15) is 4.79 Å². The Morgan fingerprint density at radius 2 is 1.47 bits per heavy atom. The summed E-state index contributed by atoms with van der Waals surface area (Å²) in [4.78, 5) is 18.7. The van der Waals surface area contributed by atoms with E-state index in [-0.39, 0.29) is 16.6 Å². The fraction of sp³-hybridized carbons (Fsp3) is 0.375. The normalized spacial score (nSPS) is 13.6. The zero-order chi connectivity index (χ0) is 27.9. The molecule has 38 heavy (non-hydrogen) atoms. The van der Waals surface area contributed by atoms with Gasteiger partial charge in [0.15, 0.2) is 0 Å². The SMILES string of the molecule is Cc1cc([C@@H](C)N)c2nc(C(C)(C)CO[Si](c3ccccc3)(c3ccccc3)C(C)(C)C)n(C)c(=O)c2c1. The summed E-state index contributed by atoms with van der Waals surface area (Å²) in [6, 6.07) is 24.9. The lowest BCUT2D eigenvalue weighted by Gasteiger charge is -2.44. The Labute approximate surface area is 227 Å². The molecule has 0 aliphatic rings. The van der Waals surface area contributed by atoms with Gasteiger partial charge in [-0.1, -0.05) is 101 Å². The van der Waals surface area contributed by atoms with E-state index >= 15 is 0 Å². The van der Waals surface area contributed by atoms with Crippen LogP contribution in [0.1, 0.15) is 64.5 Å². The lowest BCUT2D eigenvalue weighted by atomic mass is 9.92. The topological polar surface area (TPSA) is 70.1 Å². The summed E-state index contributed by atoms with van der Waals surface area (Å²) in [5.41, 5.74) is 8.29. The molecule has 1 heterocycles. The number of fused-ring (bicyclic) bond motifs is 1. The zero-order valence-corrected chi connectivity index (χ0v) is 25.0. The summed E-state index contributed by atoms with van der Waals surface area (Å²) in [7, 11) is -0.940. The molecule has 4 aromatic rings. The minimum atomic E-state index is -2.75. The molecular formula is C32H41N3O2Si. The molecule has 200 valence electrons. The number of nitrogens with zero attached hydrogens (tertiary/aromatic N) is 2. The van der Waals surface area contributed by atoms with Crippen molar-refractivity contribution in [1.29, 1.82) is 0 Å². The third-order valence-electron chi connectivity index (χ3n) is 7.52. The average Bonchev–Trinajstić information content (AvgIpc) is 2.86. The van der Waals surface area contributed by atoms with Gasteiger partial charge in [0.25, 0.3) is 13.9 Å². The van der Waals surface area contributed by atoms with E-state index in [0.717, 1.165) is 11.1 Å². The van der Waals surface area contributed by atoms with Crippen LogP contribution >= 0.6 is 0 Å². The van der Waals surface area contributed by atoms with Gasteiger partial charge in [-0.2, -0.15) is 0 Å². The first kappa shape index (κ1) is 28.0. The Morgan fingerprint density at radius 1 is 0.947 bits per heavy atom. The van der Waals surface area contributed by atoms with Crippen LogP contribution in [0.2, 0.25) is 5.04 Å². The number of benzene rings is 3. The van der Waals surface area contributed by atoms with Crippen LogP contribution in [-0.2, 0) is 16.9 Å². The fourth-order valence-electron chi connectivity index (χ4n) is 5.62. The van der Waals surface area contributed by atoms with Crippen molar-refractivity contribution in [1.82, 2.24) is 9.55 Å². The maximum absolute atomic E-state index is 13.6. The number of aryl methyl sites for hydroxylation is 1. The number of aromatic nitrogens is 2. The molecule has 0 aliphatic heterocycles. The van der Waals surface area contributed by atoms with E-state index in [1.807, 2.05) is 45.2 Å². The highest BCUT2D eigenvalue weighted by Crippen LogP contribution is 2.38. The molecule has 0 saturated carbocycles. The quantitative estimate of drug-likeness (QED) is 0.339. The van der Waals surface area contributed by atoms with Crippen LogP contribution in [0.25, 0.3) is 10.9 Å². The van der Waals surface area contributed by atoms with E-state index in [4.69, 9.17) is 15.1 Å². The second-order valence-electron chi connectivity index (χ2n) is 12.2. The van der Waals surface area contributed by atoms with Crippen molar-refractivity contribution in [2.24, 2.45) is 12.8 Å². The van der Waals surface area contributed by atoms with Gasteiger partial charge in [-0.25, -0.2) is 4.98 Å². The molecule has 6 heteroatoms. The van der Waals surface area contributed by atoms with Crippen LogP contribution < -0.4 is 21.7 Å². The van der Waals surface area contributed by atoms with Crippen LogP contribution in [-0.4, -0.2) is 24.5 Å². The van der Waals surface area contributed by atoms with Gasteiger partial charge in [0.1, 0.15) is 5.82 Å².